The van der Waals surface area contributed by atoms with Crippen LogP contribution in [0.2, 0.25) is 0 Å². The molecule has 0 spiro atoms. The molecule has 2 aliphatic rings. The molecule has 1 N–H and O–H groups in total. The second-order valence-electron chi connectivity index (χ2n) is 5.76. The first-order valence-corrected chi connectivity index (χ1v) is 7.50. The van der Waals surface area contributed by atoms with Gasteiger partial charge >= 0.3 is 0 Å². The predicted molar refractivity (Wildman–Crippen MR) is 77.1 cm³/mol. The molecule has 4 heteroatoms. The van der Waals surface area contributed by atoms with Crippen LogP contribution in [0.25, 0.3) is 0 Å². The van der Waals surface area contributed by atoms with Crippen molar-refractivity contribution >= 4 is 0 Å². The molecule has 20 heavy (non-hydrogen) atoms. The van der Waals surface area contributed by atoms with Gasteiger partial charge in [-0.3, -0.25) is 4.90 Å². The molecule has 0 bridgehead atoms. The van der Waals surface area contributed by atoms with E-state index in [0.29, 0.717) is 0 Å². The molecular formula is C16H23NO3. The van der Waals surface area contributed by atoms with Crippen LogP contribution in [0.1, 0.15) is 30.6 Å². The van der Waals surface area contributed by atoms with Gasteiger partial charge < -0.3 is 14.6 Å². The van der Waals surface area contributed by atoms with Crippen LogP contribution in [-0.2, 0) is 11.2 Å². The summed E-state index contributed by atoms with van der Waals surface area (Å²) in [5, 5.41) is 10.3. The Morgan fingerprint density at radius 2 is 2.15 bits per heavy atom. The number of aliphatic hydroxyl groups excluding tert-OH is 1. The molecule has 1 aromatic carbocycles. The minimum atomic E-state index is -0.390. The average molecular weight is 277 g/mol. The highest BCUT2D eigenvalue weighted by atomic mass is 16.5. The highest BCUT2D eigenvalue weighted by Crippen LogP contribution is 2.31. The predicted octanol–water partition coefficient (Wildman–Crippen LogP) is 1.77. The second-order valence-corrected chi connectivity index (χ2v) is 5.76. The quantitative estimate of drug-likeness (QED) is 0.910. The number of nitrogens with zero attached hydrogens (tertiary/aromatic N) is 1. The van der Waals surface area contributed by atoms with E-state index in [-0.39, 0.29) is 12.2 Å². The van der Waals surface area contributed by atoms with Gasteiger partial charge in [0, 0.05) is 26.1 Å². The number of ether oxygens (including phenoxy) is 2. The lowest BCUT2D eigenvalue weighted by atomic mass is 10.0. The van der Waals surface area contributed by atoms with Gasteiger partial charge in [0.15, 0.2) is 0 Å². The van der Waals surface area contributed by atoms with Crippen molar-refractivity contribution in [3.05, 3.63) is 29.3 Å². The zero-order valence-electron chi connectivity index (χ0n) is 12.0. The maximum atomic E-state index is 10.3. The number of hydrogen-bond donors (Lipinski definition) is 1. The number of fused-ring (bicyclic) bond motifs is 1. The normalized spacial score (nSPS) is 24.2. The lowest BCUT2D eigenvalue weighted by Crippen LogP contribution is -2.37. The third-order valence-electron chi connectivity index (χ3n) is 4.13. The summed E-state index contributed by atoms with van der Waals surface area (Å²) in [7, 11) is 0. The summed E-state index contributed by atoms with van der Waals surface area (Å²) in [5.41, 5.74) is 2.23. The average Bonchev–Trinajstić information content (AvgIpc) is 2.85. The minimum Gasteiger partial charge on any atom is -0.490 e. The van der Waals surface area contributed by atoms with Crippen molar-refractivity contribution in [2.75, 3.05) is 32.8 Å². The lowest BCUT2D eigenvalue weighted by Gasteiger charge is -2.27. The number of rotatable bonds is 4. The van der Waals surface area contributed by atoms with Crippen molar-refractivity contribution in [2.45, 2.75) is 32.0 Å². The van der Waals surface area contributed by atoms with Crippen molar-refractivity contribution in [3.8, 4) is 5.75 Å². The molecule has 0 aliphatic carbocycles. The van der Waals surface area contributed by atoms with Gasteiger partial charge in [-0.05, 0) is 36.6 Å². The number of aliphatic hydroxyl groups is 1. The van der Waals surface area contributed by atoms with Crippen LogP contribution in [0.3, 0.4) is 0 Å². The molecule has 2 heterocycles. The van der Waals surface area contributed by atoms with E-state index >= 15 is 0 Å². The zero-order valence-corrected chi connectivity index (χ0v) is 12.0. The maximum absolute atomic E-state index is 10.3. The number of hydrogen-bond acceptors (Lipinski definition) is 4. The third kappa shape index (κ3) is 3.14. The van der Waals surface area contributed by atoms with Gasteiger partial charge in [0.1, 0.15) is 11.9 Å². The van der Waals surface area contributed by atoms with Gasteiger partial charge in [-0.1, -0.05) is 6.07 Å². The van der Waals surface area contributed by atoms with Gasteiger partial charge in [0.2, 0.25) is 0 Å². The van der Waals surface area contributed by atoms with E-state index < -0.39 is 0 Å². The Hall–Kier alpha value is -1.10. The highest BCUT2D eigenvalue weighted by Gasteiger charge is 2.21. The first-order chi connectivity index (χ1) is 9.72. The summed E-state index contributed by atoms with van der Waals surface area (Å²) < 4.78 is 11.0. The van der Waals surface area contributed by atoms with E-state index in [1.165, 1.54) is 5.56 Å². The van der Waals surface area contributed by atoms with Crippen LogP contribution < -0.4 is 4.74 Å². The fraction of sp³-hybridized carbons (Fsp3) is 0.625. The molecule has 4 nitrogen and oxygen atoms in total. The summed E-state index contributed by atoms with van der Waals surface area (Å²) in [4.78, 5) is 2.35. The van der Waals surface area contributed by atoms with Gasteiger partial charge in [0.05, 0.1) is 19.3 Å². The monoisotopic (exact) mass is 277 g/mol. The van der Waals surface area contributed by atoms with Crippen LogP contribution in [-0.4, -0.2) is 49.0 Å². The second kappa shape index (κ2) is 6.12. The van der Waals surface area contributed by atoms with Gasteiger partial charge in [-0.15, -0.1) is 0 Å². The summed E-state index contributed by atoms with van der Waals surface area (Å²) in [6.45, 7) is 6.57. The molecule has 1 saturated heterocycles. The van der Waals surface area contributed by atoms with E-state index in [4.69, 9.17) is 9.47 Å². The van der Waals surface area contributed by atoms with E-state index in [1.807, 2.05) is 12.1 Å². The molecule has 0 radical (unpaired) electrons. The van der Waals surface area contributed by atoms with Gasteiger partial charge in [-0.2, -0.15) is 0 Å². The topological polar surface area (TPSA) is 41.9 Å². The highest BCUT2D eigenvalue weighted by molar-refractivity contribution is 5.41. The molecule has 0 saturated carbocycles. The Kier molecular flexibility index (Phi) is 4.24. The van der Waals surface area contributed by atoms with Crippen molar-refractivity contribution < 1.29 is 14.6 Å². The van der Waals surface area contributed by atoms with Crippen molar-refractivity contribution in [1.29, 1.82) is 0 Å². The number of benzene rings is 1. The number of morpholine rings is 1. The molecule has 0 amide bonds. The van der Waals surface area contributed by atoms with Crippen LogP contribution in [0.5, 0.6) is 5.75 Å². The Labute approximate surface area is 120 Å². The fourth-order valence-corrected chi connectivity index (χ4v) is 2.95. The summed E-state index contributed by atoms with van der Waals surface area (Å²) >= 11 is 0. The van der Waals surface area contributed by atoms with Crippen LogP contribution in [0.15, 0.2) is 18.2 Å². The molecule has 1 fully saturated rings. The standard InChI is InChI=1S/C16H23NO3/c1-12-10-14-11-13(2-3-16(14)20-12)15(18)4-5-17-6-8-19-9-7-17/h2-3,11-12,15,18H,4-10H2,1H3. The molecule has 3 rings (SSSR count). The smallest absolute Gasteiger partial charge is 0.123 e. The van der Waals surface area contributed by atoms with Gasteiger partial charge in [-0.25, -0.2) is 0 Å². The molecule has 2 atom stereocenters. The third-order valence-corrected chi connectivity index (χ3v) is 4.13. The van der Waals surface area contributed by atoms with Crippen LogP contribution in [0, 0.1) is 0 Å². The molecule has 0 aromatic heterocycles. The van der Waals surface area contributed by atoms with E-state index in [0.717, 1.165) is 57.0 Å². The molecule has 110 valence electrons. The molecule has 1 aromatic rings. The largest absolute Gasteiger partial charge is 0.490 e. The van der Waals surface area contributed by atoms with Crippen LogP contribution >= 0.6 is 0 Å². The van der Waals surface area contributed by atoms with Gasteiger partial charge in [0.25, 0.3) is 0 Å². The Morgan fingerprint density at radius 1 is 1.35 bits per heavy atom. The minimum absolute atomic E-state index is 0.255. The van der Waals surface area contributed by atoms with Crippen LogP contribution in [0.4, 0.5) is 0 Å². The fourth-order valence-electron chi connectivity index (χ4n) is 2.95. The summed E-state index contributed by atoms with van der Waals surface area (Å²) in [5.74, 6) is 0.974. The first kappa shape index (κ1) is 13.9. The molecule has 2 aliphatic heterocycles. The van der Waals surface area contributed by atoms with Crippen molar-refractivity contribution in [3.63, 3.8) is 0 Å². The van der Waals surface area contributed by atoms with Crippen molar-refractivity contribution in [2.24, 2.45) is 0 Å². The first-order valence-electron chi connectivity index (χ1n) is 7.50. The summed E-state index contributed by atoms with van der Waals surface area (Å²) in [6.07, 6.45) is 1.58. The van der Waals surface area contributed by atoms with Crippen molar-refractivity contribution in [1.82, 2.24) is 4.90 Å². The summed E-state index contributed by atoms with van der Waals surface area (Å²) in [6, 6.07) is 6.08. The Bertz CT molecular complexity index is 457. The lowest BCUT2D eigenvalue weighted by molar-refractivity contribution is 0.0300. The Balaban J connectivity index is 1.57. The Morgan fingerprint density at radius 3 is 2.95 bits per heavy atom. The van der Waals surface area contributed by atoms with E-state index in [1.54, 1.807) is 0 Å². The molecular weight excluding hydrogens is 254 g/mol. The molecule has 2 unspecified atom stereocenters. The maximum Gasteiger partial charge on any atom is 0.123 e. The SMILES string of the molecule is CC1Cc2cc(C(O)CCN3CCOCC3)ccc2O1. The zero-order chi connectivity index (χ0) is 13.9. The van der Waals surface area contributed by atoms with E-state index in [2.05, 4.69) is 17.9 Å². The van der Waals surface area contributed by atoms with E-state index in [9.17, 15) is 5.11 Å².